The predicted octanol–water partition coefficient (Wildman–Crippen LogP) is 1.05. The Balaban J connectivity index is 2.31. The fourth-order valence-corrected chi connectivity index (χ4v) is 1.79. The summed E-state index contributed by atoms with van der Waals surface area (Å²) < 4.78 is 1.92. The summed E-state index contributed by atoms with van der Waals surface area (Å²) in [6, 6.07) is 2.32. The quantitative estimate of drug-likeness (QED) is 0.570. The van der Waals surface area contributed by atoms with Crippen molar-refractivity contribution in [3.63, 3.8) is 0 Å². The van der Waals surface area contributed by atoms with Gasteiger partial charge in [-0.3, -0.25) is 4.68 Å². The van der Waals surface area contributed by atoms with Crippen LogP contribution >= 0.6 is 0 Å². The highest BCUT2D eigenvalue weighted by Crippen LogP contribution is 2.23. The van der Waals surface area contributed by atoms with E-state index in [1.807, 2.05) is 17.9 Å². The molecule has 0 N–H and O–H groups in total. The highest BCUT2D eigenvalue weighted by atomic mass is 15.3. The third-order valence-electron chi connectivity index (χ3n) is 2.53. The van der Waals surface area contributed by atoms with Crippen LogP contribution < -0.4 is 0 Å². The maximum absolute atomic E-state index is 8.75. The van der Waals surface area contributed by atoms with E-state index in [0.29, 0.717) is 0 Å². The third kappa shape index (κ3) is 1.00. The molecule has 3 heteroatoms. The molecule has 62 valence electrons. The summed E-state index contributed by atoms with van der Waals surface area (Å²) in [7, 11) is 1.96. The average molecular weight is 161 g/mol. The molecule has 0 amide bonds. The summed E-state index contributed by atoms with van der Waals surface area (Å²) in [4.78, 5) is 0. The molecule has 0 radical (unpaired) electrons. The van der Waals surface area contributed by atoms with E-state index in [9.17, 15) is 0 Å². The van der Waals surface area contributed by atoms with Crippen molar-refractivity contribution in [3.05, 3.63) is 17.5 Å². The van der Waals surface area contributed by atoms with Crippen LogP contribution in [0.25, 0.3) is 0 Å². The molecule has 0 unspecified atom stereocenters. The van der Waals surface area contributed by atoms with Crippen LogP contribution in [0, 0.1) is 17.2 Å². The van der Waals surface area contributed by atoms with Gasteiger partial charge in [-0.25, -0.2) is 0 Å². The molecule has 1 aliphatic rings. The zero-order valence-corrected chi connectivity index (χ0v) is 7.12. The second kappa shape index (κ2) is 2.63. The first-order chi connectivity index (χ1) is 5.81. The molecule has 0 bridgehead atoms. The van der Waals surface area contributed by atoms with Gasteiger partial charge < -0.3 is 0 Å². The monoisotopic (exact) mass is 161 g/mol. The summed E-state index contributed by atoms with van der Waals surface area (Å²) in [5.74, 6) is 0.210. The van der Waals surface area contributed by atoms with E-state index in [2.05, 4.69) is 11.2 Å². The van der Waals surface area contributed by atoms with Crippen molar-refractivity contribution in [1.82, 2.24) is 9.78 Å². The van der Waals surface area contributed by atoms with E-state index in [0.717, 1.165) is 19.3 Å². The molecule has 12 heavy (non-hydrogen) atoms. The van der Waals surface area contributed by atoms with Crippen LogP contribution in [-0.2, 0) is 19.9 Å². The van der Waals surface area contributed by atoms with Crippen LogP contribution in [0.5, 0.6) is 0 Å². The average Bonchev–Trinajstić information content (AvgIpc) is 2.47. The van der Waals surface area contributed by atoms with Crippen molar-refractivity contribution in [2.45, 2.75) is 19.3 Å². The summed E-state index contributed by atoms with van der Waals surface area (Å²) in [5.41, 5.74) is 2.57. The lowest BCUT2D eigenvalue weighted by atomic mass is 9.89. The molecular weight excluding hydrogens is 150 g/mol. The van der Waals surface area contributed by atoms with Crippen molar-refractivity contribution in [2.75, 3.05) is 0 Å². The molecule has 0 saturated heterocycles. The van der Waals surface area contributed by atoms with Gasteiger partial charge in [0.25, 0.3) is 0 Å². The second-order valence-corrected chi connectivity index (χ2v) is 3.31. The number of aromatic nitrogens is 2. The zero-order valence-electron chi connectivity index (χ0n) is 7.12. The highest BCUT2D eigenvalue weighted by Gasteiger charge is 2.20. The van der Waals surface area contributed by atoms with Crippen LogP contribution in [0.15, 0.2) is 6.20 Å². The van der Waals surface area contributed by atoms with Gasteiger partial charge in [0.2, 0.25) is 0 Å². The van der Waals surface area contributed by atoms with Gasteiger partial charge >= 0.3 is 0 Å². The van der Waals surface area contributed by atoms with Gasteiger partial charge in [-0.2, -0.15) is 10.4 Å². The molecule has 1 heterocycles. The van der Waals surface area contributed by atoms with E-state index in [1.54, 1.807) is 0 Å². The lowest BCUT2D eigenvalue weighted by molar-refractivity contribution is 0.541. The van der Waals surface area contributed by atoms with Crippen molar-refractivity contribution in [3.8, 4) is 6.07 Å². The van der Waals surface area contributed by atoms with Gasteiger partial charge in [0.1, 0.15) is 0 Å². The Kier molecular flexibility index (Phi) is 1.61. The van der Waals surface area contributed by atoms with Gasteiger partial charge in [-0.15, -0.1) is 0 Å². The van der Waals surface area contributed by atoms with E-state index in [1.165, 1.54) is 11.3 Å². The first-order valence-electron chi connectivity index (χ1n) is 4.20. The minimum Gasteiger partial charge on any atom is -0.272 e. The van der Waals surface area contributed by atoms with Crippen molar-refractivity contribution in [2.24, 2.45) is 13.0 Å². The molecule has 1 aromatic heterocycles. The molecule has 3 nitrogen and oxygen atoms in total. The Morgan fingerprint density at radius 2 is 2.58 bits per heavy atom. The normalized spacial score (nSPS) is 21.5. The summed E-state index contributed by atoms with van der Waals surface area (Å²) in [5, 5.41) is 12.9. The van der Waals surface area contributed by atoms with E-state index < -0.39 is 0 Å². The molecular formula is C9H11N3. The predicted molar refractivity (Wildman–Crippen MR) is 44.3 cm³/mol. The lowest BCUT2D eigenvalue weighted by Gasteiger charge is -2.15. The molecule has 1 aromatic rings. The molecule has 0 spiro atoms. The summed E-state index contributed by atoms with van der Waals surface area (Å²) in [6.07, 6.45) is 4.77. The number of hydrogen-bond donors (Lipinski definition) is 0. The smallest absolute Gasteiger partial charge is 0.0659 e. The zero-order chi connectivity index (χ0) is 8.55. The molecule has 0 aliphatic heterocycles. The summed E-state index contributed by atoms with van der Waals surface area (Å²) >= 11 is 0. The Morgan fingerprint density at radius 3 is 3.33 bits per heavy atom. The van der Waals surface area contributed by atoms with Crippen molar-refractivity contribution < 1.29 is 0 Å². The maximum atomic E-state index is 8.75. The standard InChI is InChI=1S/C9H11N3/c1-12-9-3-2-7(5-10)4-8(9)6-11-12/h6-7H,2-4H2,1H3/t7-/m0/s1. The van der Waals surface area contributed by atoms with E-state index in [4.69, 9.17) is 5.26 Å². The molecule has 0 aromatic carbocycles. The van der Waals surface area contributed by atoms with Gasteiger partial charge in [-0.05, 0) is 24.8 Å². The van der Waals surface area contributed by atoms with Crippen LogP contribution in [-0.4, -0.2) is 9.78 Å². The topological polar surface area (TPSA) is 41.6 Å². The third-order valence-corrected chi connectivity index (χ3v) is 2.53. The number of fused-ring (bicyclic) bond motifs is 1. The van der Waals surface area contributed by atoms with Crippen LogP contribution in [0.3, 0.4) is 0 Å². The van der Waals surface area contributed by atoms with Gasteiger partial charge in [-0.1, -0.05) is 0 Å². The maximum Gasteiger partial charge on any atom is 0.0659 e. The number of nitriles is 1. The Labute approximate surface area is 71.6 Å². The largest absolute Gasteiger partial charge is 0.272 e. The van der Waals surface area contributed by atoms with Crippen molar-refractivity contribution >= 4 is 0 Å². The van der Waals surface area contributed by atoms with Gasteiger partial charge in [0, 0.05) is 12.7 Å². The SMILES string of the molecule is Cn1ncc2c1CC[C@H](C#N)C2. The fraction of sp³-hybridized carbons (Fsp3) is 0.556. The molecule has 0 saturated carbocycles. The lowest BCUT2D eigenvalue weighted by Crippen LogP contribution is -2.13. The minimum atomic E-state index is 0.210. The Morgan fingerprint density at radius 1 is 1.75 bits per heavy atom. The number of nitrogens with zero attached hydrogens (tertiary/aromatic N) is 3. The minimum absolute atomic E-state index is 0.210. The van der Waals surface area contributed by atoms with E-state index >= 15 is 0 Å². The highest BCUT2D eigenvalue weighted by molar-refractivity contribution is 5.22. The molecule has 0 fully saturated rings. The van der Waals surface area contributed by atoms with Crippen LogP contribution in [0.4, 0.5) is 0 Å². The number of rotatable bonds is 0. The van der Waals surface area contributed by atoms with E-state index in [-0.39, 0.29) is 5.92 Å². The Hall–Kier alpha value is -1.30. The van der Waals surface area contributed by atoms with Gasteiger partial charge in [0.15, 0.2) is 0 Å². The Bertz CT molecular complexity index is 332. The molecule has 1 aliphatic carbocycles. The molecule has 2 rings (SSSR count). The van der Waals surface area contributed by atoms with Crippen LogP contribution in [0.2, 0.25) is 0 Å². The van der Waals surface area contributed by atoms with Gasteiger partial charge in [0.05, 0.1) is 18.2 Å². The number of hydrogen-bond acceptors (Lipinski definition) is 2. The summed E-state index contributed by atoms with van der Waals surface area (Å²) in [6.45, 7) is 0. The molecule has 1 atom stereocenters. The fourth-order valence-electron chi connectivity index (χ4n) is 1.79. The first-order valence-corrected chi connectivity index (χ1v) is 4.20. The first kappa shape index (κ1) is 7.35. The second-order valence-electron chi connectivity index (χ2n) is 3.31. The van der Waals surface area contributed by atoms with Crippen LogP contribution in [0.1, 0.15) is 17.7 Å². The van der Waals surface area contributed by atoms with Crippen molar-refractivity contribution in [1.29, 1.82) is 5.26 Å². The number of aryl methyl sites for hydroxylation is 1.